The SMILES string of the molecule is Cc1ccc(C[C@H]2S/C(=C(/C#N)C(=O)NCc3ccccc3)N(c3ccccc3)C2=O)cc1C. The number of carbonyl (C=O) groups is 2. The van der Waals surface area contributed by atoms with Crippen LogP contribution in [0.3, 0.4) is 0 Å². The lowest BCUT2D eigenvalue weighted by molar-refractivity contribution is -0.117. The molecular formula is C28H25N3O2S. The number of rotatable bonds is 6. The van der Waals surface area contributed by atoms with E-state index >= 15 is 0 Å². The van der Waals surface area contributed by atoms with Gasteiger partial charge in [0.25, 0.3) is 5.91 Å². The van der Waals surface area contributed by atoms with E-state index in [1.54, 1.807) is 0 Å². The first-order valence-electron chi connectivity index (χ1n) is 11.1. The molecule has 1 saturated heterocycles. The molecule has 0 unspecified atom stereocenters. The van der Waals surface area contributed by atoms with Crippen LogP contribution in [-0.4, -0.2) is 17.1 Å². The minimum atomic E-state index is -0.491. The summed E-state index contributed by atoms with van der Waals surface area (Å²) in [5.41, 5.74) is 4.93. The molecule has 170 valence electrons. The maximum Gasteiger partial charge on any atom is 0.264 e. The lowest BCUT2D eigenvalue weighted by atomic mass is 10.0. The minimum Gasteiger partial charge on any atom is -0.347 e. The summed E-state index contributed by atoms with van der Waals surface area (Å²) in [6.07, 6.45) is 0.516. The first kappa shape index (κ1) is 23.3. The summed E-state index contributed by atoms with van der Waals surface area (Å²) < 4.78 is 0. The highest BCUT2D eigenvalue weighted by Gasteiger charge is 2.40. The molecule has 1 heterocycles. The largest absolute Gasteiger partial charge is 0.347 e. The van der Waals surface area contributed by atoms with Gasteiger partial charge in [0.15, 0.2) is 0 Å². The zero-order valence-corrected chi connectivity index (χ0v) is 19.9. The summed E-state index contributed by atoms with van der Waals surface area (Å²) in [5.74, 6) is -0.623. The molecule has 0 aliphatic carbocycles. The Morgan fingerprint density at radius 1 is 0.971 bits per heavy atom. The topological polar surface area (TPSA) is 73.2 Å². The number of hydrogen-bond donors (Lipinski definition) is 1. The Morgan fingerprint density at radius 2 is 1.65 bits per heavy atom. The molecule has 3 aromatic rings. The van der Waals surface area contributed by atoms with Crippen LogP contribution >= 0.6 is 11.8 Å². The number of amides is 2. The smallest absolute Gasteiger partial charge is 0.264 e. The fraction of sp³-hybridized carbons (Fsp3) is 0.179. The normalized spacial score (nSPS) is 16.8. The van der Waals surface area contributed by atoms with E-state index in [-0.39, 0.29) is 11.5 Å². The molecule has 1 atom stereocenters. The molecule has 4 rings (SSSR count). The summed E-state index contributed by atoms with van der Waals surface area (Å²) in [5, 5.41) is 12.7. The molecule has 3 aromatic carbocycles. The van der Waals surface area contributed by atoms with E-state index in [2.05, 4.69) is 37.4 Å². The van der Waals surface area contributed by atoms with Gasteiger partial charge >= 0.3 is 0 Å². The van der Waals surface area contributed by atoms with Gasteiger partial charge in [-0.15, -0.1) is 0 Å². The number of para-hydroxylation sites is 1. The van der Waals surface area contributed by atoms with E-state index in [1.165, 1.54) is 27.8 Å². The molecule has 1 aliphatic heterocycles. The summed E-state index contributed by atoms with van der Waals surface area (Å²) in [7, 11) is 0. The highest BCUT2D eigenvalue weighted by molar-refractivity contribution is 8.05. The molecular weight excluding hydrogens is 442 g/mol. The predicted molar refractivity (Wildman–Crippen MR) is 136 cm³/mol. The van der Waals surface area contributed by atoms with E-state index in [4.69, 9.17) is 0 Å². The van der Waals surface area contributed by atoms with Crippen LogP contribution in [0.4, 0.5) is 5.69 Å². The van der Waals surface area contributed by atoms with Crippen LogP contribution < -0.4 is 10.2 Å². The third-order valence-corrected chi connectivity index (χ3v) is 7.07. The van der Waals surface area contributed by atoms with E-state index in [1.807, 2.05) is 66.7 Å². The summed E-state index contributed by atoms with van der Waals surface area (Å²) in [6.45, 7) is 4.41. The van der Waals surface area contributed by atoms with E-state index in [0.29, 0.717) is 23.7 Å². The molecule has 2 amide bonds. The highest BCUT2D eigenvalue weighted by Crippen LogP contribution is 2.41. The summed E-state index contributed by atoms with van der Waals surface area (Å²) in [6, 6.07) is 26.9. The minimum absolute atomic E-state index is 0.0549. The van der Waals surface area contributed by atoms with E-state index in [0.717, 1.165) is 11.1 Å². The van der Waals surface area contributed by atoms with Gasteiger partial charge in [0, 0.05) is 12.2 Å². The number of hydrogen-bond acceptors (Lipinski definition) is 4. The van der Waals surface area contributed by atoms with Crippen LogP contribution in [0.2, 0.25) is 0 Å². The molecule has 1 aliphatic rings. The third kappa shape index (κ3) is 5.05. The standard InChI is InChI=1S/C28H25N3O2S/c1-19-13-14-22(15-20(19)2)16-25-27(33)31(23-11-7-4-8-12-23)28(34-25)24(17-29)26(32)30-18-21-9-5-3-6-10-21/h3-15,25H,16,18H2,1-2H3,(H,30,32)/b28-24-/t25-/m1/s1. The van der Waals surface area contributed by atoms with Crippen LogP contribution in [0.25, 0.3) is 0 Å². The van der Waals surface area contributed by atoms with Crippen molar-refractivity contribution in [2.45, 2.75) is 32.1 Å². The van der Waals surface area contributed by atoms with Crippen molar-refractivity contribution in [1.29, 1.82) is 5.26 Å². The number of carbonyl (C=O) groups excluding carboxylic acids is 2. The Morgan fingerprint density at radius 3 is 2.29 bits per heavy atom. The highest BCUT2D eigenvalue weighted by atomic mass is 32.2. The Labute approximate surface area is 204 Å². The van der Waals surface area contributed by atoms with Crippen molar-refractivity contribution in [2.24, 2.45) is 0 Å². The van der Waals surface area contributed by atoms with Gasteiger partial charge in [-0.2, -0.15) is 5.26 Å². The molecule has 0 radical (unpaired) electrons. The van der Waals surface area contributed by atoms with Crippen LogP contribution in [0.15, 0.2) is 89.5 Å². The van der Waals surface area contributed by atoms with Gasteiger partial charge in [-0.05, 0) is 54.7 Å². The van der Waals surface area contributed by atoms with Crippen LogP contribution in [0.5, 0.6) is 0 Å². The molecule has 5 nitrogen and oxygen atoms in total. The molecule has 0 bridgehead atoms. The monoisotopic (exact) mass is 467 g/mol. The van der Waals surface area contributed by atoms with Gasteiger partial charge in [0.1, 0.15) is 16.7 Å². The Kier molecular flexibility index (Phi) is 7.15. The van der Waals surface area contributed by atoms with Gasteiger partial charge in [0.2, 0.25) is 5.91 Å². The first-order valence-corrected chi connectivity index (χ1v) is 11.9. The van der Waals surface area contributed by atoms with Gasteiger partial charge in [-0.1, -0.05) is 78.5 Å². The average molecular weight is 468 g/mol. The average Bonchev–Trinajstić information content (AvgIpc) is 3.17. The maximum atomic E-state index is 13.5. The second-order valence-electron chi connectivity index (χ2n) is 8.20. The Bertz CT molecular complexity index is 1280. The van der Waals surface area contributed by atoms with Gasteiger partial charge in [-0.25, -0.2) is 0 Å². The Hall–Kier alpha value is -3.82. The van der Waals surface area contributed by atoms with Crippen molar-refractivity contribution in [1.82, 2.24) is 5.32 Å². The lowest BCUT2D eigenvalue weighted by Crippen LogP contribution is -2.32. The van der Waals surface area contributed by atoms with Crippen molar-refractivity contribution >= 4 is 29.3 Å². The van der Waals surface area contributed by atoms with Crippen LogP contribution in [0, 0.1) is 25.2 Å². The van der Waals surface area contributed by atoms with Crippen molar-refractivity contribution in [2.75, 3.05) is 4.90 Å². The zero-order valence-electron chi connectivity index (χ0n) is 19.1. The molecule has 0 saturated carbocycles. The molecule has 6 heteroatoms. The second kappa shape index (κ2) is 10.4. The quantitative estimate of drug-likeness (QED) is 0.407. The molecule has 0 aromatic heterocycles. The molecule has 1 fully saturated rings. The number of nitrogens with zero attached hydrogens (tertiary/aromatic N) is 2. The molecule has 0 spiro atoms. The predicted octanol–water partition coefficient (Wildman–Crippen LogP) is 5.05. The number of thioether (sulfide) groups is 1. The van der Waals surface area contributed by atoms with Crippen LogP contribution in [0.1, 0.15) is 22.3 Å². The molecule has 1 N–H and O–H groups in total. The second-order valence-corrected chi connectivity index (χ2v) is 9.39. The van der Waals surface area contributed by atoms with Crippen LogP contribution in [-0.2, 0) is 22.6 Å². The van der Waals surface area contributed by atoms with Crippen molar-refractivity contribution in [3.63, 3.8) is 0 Å². The third-order valence-electron chi connectivity index (χ3n) is 5.81. The van der Waals surface area contributed by atoms with E-state index in [9.17, 15) is 14.9 Å². The number of nitriles is 1. The number of aryl methyl sites for hydroxylation is 2. The molecule has 34 heavy (non-hydrogen) atoms. The first-order chi connectivity index (χ1) is 16.5. The van der Waals surface area contributed by atoms with Crippen molar-refractivity contribution in [3.05, 3.63) is 112 Å². The number of benzene rings is 3. The van der Waals surface area contributed by atoms with Gasteiger partial charge < -0.3 is 5.32 Å². The van der Waals surface area contributed by atoms with Crippen molar-refractivity contribution < 1.29 is 9.59 Å². The fourth-order valence-electron chi connectivity index (χ4n) is 3.81. The van der Waals surface area contributed by atoms with E-state index < -0.39 is 11.2 Å². The number of nitrogens with one attached hydrogen (secondary N) is 1. The fourth-order valence-corrected chi connectivity index (χ4v) is 5.12. The summed E-state index contributed by atoms with van der Waals surface area (Å²) in [4.78, 5) is 28.1. The Balaban J connectivity index is 1.66. The lowest BCUT2D eigenvalue weighted by Gasteiger charge is -2.18. The van der Waals surface area contributed by atoms with Gasteiger partial charge in [0.05, 0.1) is 5.25 Å². The maximum absolute atomic E-state index is 13.5. The summed E-state index contributed by atoms with van der Waals surface area (Å²) >= 11 is 1.28. The van der Waals surface area contributed by atoms with Gasteiger partial charge in [-0.3, -0.25) is 14.5 Å². The number of anilines is 1. The van der Waals surface area contributed by atoms with Crippen molar-refractivity contribution in [3.8, 4) is 6.07 Å². The zero-order chi connectivity index (χ0) is 24.1.